The topological polar surface area (TPSA) is 109 Å². The molecule has 1 unspecified atom stereocenters. The van der Waals surface area contributed by atoms with Crippen molar-refractivity contribution >= 4 is 57.0 Å². The summed E-state index contributed by atoms with van der Waals surface area (Å²) in [5, 5.41) is 11.8. The molecule has 1 atom stereocenters. The third-order valence-corrected chi connectivity index (χ3v) is 5.99. The van der Waals surface area contributed by atoms with Crippen LogP contribution in [0.15, 0.2) is 63.7 Å². The number of nitrogens with one attached hydrogen (secondary N) is 1. The Bertz CT molecular complexity index is 908. The Labute approximate surface area is 154 Å². The van der Waals surface area contributed by atoms with Crippen LogP contribution in [0.5, 0.6) is 0 Å². The quantitative estimate of drug-likeness (QED) is 0.308. The Morgan fingerprint density at radius 1 is 1.20 bits per heavy atom. The first-order valence-corrected chi connectivity index (χ1v) is 11.1. The molecule has 7 nitrogen and oxygen atoms in total. The number of rotatable bonds is 3. The molecule has 25 heavy (non-hydrogen) atoms. The number of hydrogen-bond acceptors (Lipinski definition) is 5. The third-order valence-electron chi connectivity index (χ3n) is 3.04. The fraction of sp³-hybridized carbons (Fsp3) is 0.0625. The van der Waals surface area contributed by atoms with E-state index in [9.17, 15) is 8.53 Å². The summed E-state index contributed by atoms with van der Waals surface area (Å²) in [7, 11) is 0. The fourth-order valence-corrected chi connectivity index (χ4v) is 3.60. The molecule has 0 saturated carbocycles. The SMILES string of the molecule is Brc1ccc2occc2c1.CC(=O)Nc1ccc([As](=O)(O)OO)cc1. The van der Waals surface area contributed by atoms with Gasteiger partial charge < -0.3 is 4.42 Å². The van der Waals surface area contributed by atoms with Crippen LogP contribution in [0.25, 0.3) is 11.0 Å². The van der Waals surface area contributed by atoms with Crippen LogP contribution < -0.4 is 9.67 Å². The first-order valence-electron chi connectivity index (χ1n) is 6.99. The number of furan rings is 1. The molecule has 3 N–H and O–H groups in total. The second-order valence-electron chi connectivity index (χ2n) is 4.93. The molecule has 0 radical (unpaired) electrons. The number of carbonyl (C=O) groups excluding carboxylic acids is 1. The molecule has 0 fully saturated rings. The standard InChI is InChI=1S/C8H10AsNO5.C8H5BrO/c1-6(11)10-8-4-2-7(3-5-8)9(12,13)15-14;9-7-1-2-8-6(5-7)3-4-10-8/h2-5,14H,1H3,(H,10,11)(H,12,13);1-5H. The summed E-state index contributed by atoms with van der Waals surface area (Å²) >= 11 is -1.39. The van der Waals surface area contributed by atoms with Gasteiger partial charge in [0.2, 0.25) is 0 Å². The molecule has 1 heterocycles. The van der Waals surface area contributed by atoms with Gasteiger partial charge in [-0.15, -0.1) is 0 Å². The Kier molecular flexibility index (Phi) is 6.63. The van der Waals surface area contributed by atoms with E-state index in [4.69, 9.17) is 13.8 Å². The van der Waals surface area contributed by atoms with Crippen molar-refractivity contribution in [2.75, 3.05) is 5.32 Å². The summed E-state index contributed by atoms with van der Waals surface area (Å²) in [5.74, 6) is -0.237. The molecule has 132 valence electrons. The minimum absolute atomic E-state index is 0.00438. The van der Waals surface area contributed by atoms with Crippen LogP contribution in [0, 0.1) is 0 Å². The number of benzene rings is 2. The van der Waals surface area contributed by atoms with E-state index in [1.165, 1.54) is 31.2 Å². The molecule has 1 aromatic heterocycles. The summed E-state index contributed by atoms with van der Waals surface area (Å²) in [6.07, 6.45) is 1.69. The Balaban J connectivity index is 0.000000194. The second-order valence-corrected chi connectivity index (χ2v) is 9.46. The van der Waals surface area contributed by atoms with Crippen molar-refractivity contribution in [2.24, 2.45) is 0 Å². The van der Waals surface area contributed by atoms with Gasteiger partial charge in [-0.2, -0.15) is 0 Å². The van der Waals surface area contributed by atoms with Crippen molar-refractivity contribution in [1.82, 2.24) is 0 Å². The minimum atomic E-state index is -4.76. The van der Waals surface area contributed by atoms with Gasteiger partial charge in [0.25, 0.3) is 0 Å². The predicted octanol–water partition coefficient (Wildman–Crippen LogP) is 2.90. The summed E-state index contributed by atoms with van der Waals surface area (Å²) in [5.41, 5.74) is 1.43. The first kappa shape index (κ1) is 19.5. The Hall–Kier alpha value is -1.83. The van der Waals surface area contributed by atoms with Gasteiger partial charge in [0.1, 0.15) is 5.58 Å². The summed E-state index contributed by atoms with van der Waals surface area (Å²) in [6, 6.07) is 13.4. The summed E-state index contributed by atoms with van der Waals surface area (Å²) in [4.78, 5) is 10.7. The van der Waals surface area contributed by atoms with Crippen LogP contribution in [0.1, 0.15) is 6.92 Å². The van der Waals surface area contributed by atoms with Gasteiger partial charge >= 0.3 is 88.4 Å². The van der Waals surface area contributed by atoms with Gasteiger partial charge in [-0.25, -0.2) is 0 Å². The van der Waals surface area contributed by atoms with Crippen LogP contribution in [0.2, 0.25) is 0 Å². The number of anilines is 1. The van der Waals surface area contributed by atoms with E-state index in [2.05, 4.69) is 25.1 Å². The molecule has 3 aromatic rings. The molecule has 0 bridgehead atoms. The van der Waals surface area contributed by atoms with Crippen LogP contribution in [-0.2, 0) is 12.4 Å². The molecular formula is C16H15AsBrNO6. The van der Waals surface area contributed by atoms with Gasteiger partial charge in [-0.3, -0.25) is 0 Å². The van der Waals surface area contributed by atoms with Crippen molar-refractivity contribution in [2.45, 2.75) is 6.92 Å². The molecule has 3 rings (SSSR count). The molecule has 9 heteroatoms. The number of fused-ring (bicyclic) bond motifs is 1. The first-order chi connectivity index (χ1) is 11.8. The van der Waals surface area contributed by atoms with Gasteiger partial charge in [-0.1, -0.05) is 15.9 Å². The maximum absolute atomic E-state index is 11.2. The third kappa shape index (κ3) is 5.59. The maximum atomic E-state index is 11.2. The van der Waals surface area contributed by atoms with Crippen molar-refractivity contribution in [3.8, 4) is 0 Å². The van der Waals surface area contributed by atoms with E-state index in [-0.39, 0.29) is 10.3 Å². The average molecular weight is 472 g/mol. The second kappa shape index (κ2) is 8.51. The zero-order chi connectivity index (χ0) is 18.4. The van der Waals surface area contributed by atoms with Gasteiger partial charge in [0, 0.05) is 9.86 Å². The van der Waals surface area contributed by atoms with E-state index in [1.54, 1.807) is 6.26 Å². The molecule has 0 spiro atoms. The normalized spacial score (nSPS) is 12.8. The van der Waals surface area contributed by atoms with E-state index in [1.807, 2.05) is 24.3 Å². The molecule has 2 aromatic carbocycles. The van der Waals surface area contributed by atoms with Crippen LogP contribution >= 0.6 is 15.9 Å². The van der Waals surface area contributed by atoms with E-state index in [0.29, 0.717) is 5.69 Å². The number of hydrogen-bond donors (Lipinski definition) is 3. The molecule has 0 aliphatic heterocycles. The fourth-order valence-electron chi connectivity index (χ4n) is 1.92. The summed E-state index contributed by atoms with van der Waals surface area (Å²) < 4.78 is 30.1. The van der Waals surface area contributed by atoms with E-state index in [0.717, 1.165) is 15.4 Å². The zero-order valence-electron chi connectivity index (χ0n) is 13.0. The molecular weight excluding hydrogens is 457 g/mol. The summed E-state index contributed by atoms with van der Waals surface area (Å²) in [6.45, 7) is 1.35. The Morgan fingerprint density at radius 2 is 1.88 bits per heavy atom. The number of amides is 1. The van der Waals surface area contributed by atoms with Crippen LogP contribution in [0.3, 0.4) is 0 Å². The zero-order valence-corrected chi connectivity index (χ0v) is 16.5. The van der Waals surface area contributed by atoms with Gasteiger partial charge in [0.05, 0.1) is 6.26 Å². The number of halogens is 1. The van der Waals surface area contributed by atoms with Crippen molar-refractivity contribution in [3.63, 3.8) is 0 Å². The van der Waals surface area contributed by atoms with Gasteiger partial charge in [0.15, 0.2) is 0 Å². The van der Waals surface area contributed by atoms with Gasteiger partial charge in [-0.05, 0) is 24.3 Å². The van der Waals surface area contributed by atoms with E-state index >= 15 is 0 Å². The molecule has 0 saturated heterocycles. The average Bonchev–Trinajstić information content (AvgIpc) is 3.03. The monoisotopic (exact) mass is 471 g/mol. The molecule has 1 amide bonds. The number of carbonyl (C=O) groups is 1. The van der Waals surface area contributed by atoms with Crippen LogP contribution in [0.4, 0.5) is 5.69 Å². The van der Waals surface area contributed by atoms with Crippen molar-refractivity contribution in [1.29, 1.82) is 0 Å². The predicted molar refractivity (Wildman–Crippen MR) is 96.7 cm³/mol. The molecule has 0 aliphatic carbocycles. The van der Waals surface area contributed by atoms with Crippen molar-refractivity contribution in [3.05, 3.63) is 59.3 Å². The van der Waals surface area contributed by atoms with E-state index < -0.39 is 14.2 Å². The molecule has 0 aliphatic rings. The van der Waals surface area contributed by atoms with Crippen LogP contribution in [-0.4, -0.2) is 29.4 Å². The Morgan fingerprint density at radius 3 is 2.48 bits per heavy atom. The van der Waals surface area contributed by atoms with Crippen molar-refractivity contribution < 1.29 is 26.2 Å².